The van der Waals surface area contributed by atoms with Crippen molar-refractivity contribution in [2.45, 2.75) is 47.1 Å². The van der Waals surface area contributed by atoms with E-state index in [1.54, 1.807) is 38.4 Å². The van der Waals surface area contributed by atoms with Crippen LogP contribution in [0.1, 0.15) is 39.7 Å². The fraction of sp³-hybridized carbons (Fsp3) is 0.571. The number of anilines is 1. The molecule has 4 N–H and O–H groups in total. The quantitative estimate of drug-likeness (QED) is 0.318. The molecule has 0 aliphatic heterocycles. The molecule has 0 heterocycles. The summed E-state index contributed by atoms with van der Waals surface area (Å²) in [6.45, 7) is 9.40. The largest absolute Gasteiger partial charge is 0.495 e. The zero-order chi connectivity index (χ0) is 23.7. The number of nitrogens with one attached hydrogen (secondary N) is 3. The van der Waals surface area contributed by atoms with Crippen molar-refractivity contribution in [3.63, 3.8) is 0 Å². The molecule has 1 aromatic rings. The van der Waals surface area contributed by atoms with E-state index in [1.807, 2.05) is 13.8 Å². The van der Waals surface area contributed by atoms with Gasteiger partial charge in [0.05, 0.1) is 12.8 Å². The first-order valence-corrected chi connectivity index (χ1v) is 10.5. The molecule has 0 saturated heterocycles. The molecule has 0 aliphatic carbocycles. The van der Waals surface area contributed by atoms with Gasteiger partial charge in [-0.3, -0.25) is 14.8 Å². The molecule has 4 amide bonds. The number of aryl methyl sites for hydroxylation is 1. The zero-order valence-corrected chi connectivity index (χ0v) is 19.7. The molecule has 0 spiro atoms. The molecule has 174 valence electrons. The number of carbonyl (C=O) groups excluding carboxylic acids is 3. The second kappa shape index (κ2) is 12.4. The van der Waals surface area contributed by atoms with Crippen LogP contribution < -0.4 is 20.9 Å². The first-order chi connectivity index (χ1) is 14.5. The maximum atomic E-state index is 13.1. The number of hydroxylamine groups is 1. The Hall–Kier alpha value is -2.52. The highest BCUT2D eigenvalue weighted by Crippen LogP contribution is 2.30. The monoisotopic (exact) mass is 456 g/mol. The molecule has 1 rings (SSSR count). The van der Waals surface area contributed by atoms with E-state index in [0.717, 1.165) is 5.56 Å². The Morgan fingerprint density at radius 3 is 2.35 bits per heavy atom. The Morgan fingerprint density at radius 2 is 1.84 bits per heavy atom. The van der Waals surface area contributed by atoms with E-state index in [9.17, 15) is 14.4 Å². The summed E-state index contributed by atoms with van der Waals surface area (Å²) in [6.07, 6.45) is 0.669. The molecule has 1 unspecified atom stereocenters. The molecule has 0 bridgehead atoms. The first kappa shape index (κ1) is 26.5. The summed E-state index contributed by atoms with van der Waals surface area (Å²) in [5.74, 6) is -0.664. The van der Waals surface area contributed by atoms with Crippen LogP contribution in [0.4, 0.5) is 10.5 Å². The summed E-state index contributed by atoms with van der Waals surface area (Å²) in [4.78, 5) is 38.8. The minimum absolute atomic E-state index is 0.245. The molecule has 0 aromatic heterocycles. The van der Waals surface area contributed by atoms with Gasteiger partial charge in [-0.15, -0.1) is 0 Å². The third-order valence-electron chi connectivity index (χ3n) is 4.70. The summed E-state index contributed by atoms with van der Waals surface area (Å²) in [7, 11) is 1.46. The van der Waals surface area contributed by atoms with Crippen LogP contribution in [0.25, 0.3) is 0 Å². The van der Waals surface area contributed by atoms with Gasteiger partial charge in [0.2, 0.25) is 5.91 Å². The number of amides is 4. The highest BCUT2D eigenvalue weighted by atomic mass is 35.5. The molecule has 1 aromatic carbocycles. The minimum Gasteiger partial charge on any atom is -0.495 e. The number of rotatable bonds is 10. The van der Waals surface area contributed by atoms with Crippen LogP contribution in [0.3, 0.4) is 0 Å². The number of hydrogen-bond donors (Lipinski definition) is 4. The van der Waals surface area contributed by atoms with Crippen LogP contribution in [0, 0.1) is 18.8 Å². The highest BCUT2D eigenvalue weighted by Gasteiger charge is 2.30. The lowest BCUT2D eigenvalue weighted by Gasteiger charge is -2.30. The number of carbonyl (C=O) groups is 3. The maximum absolute atomic E-state index is 13.1. The third-order valence-corrected chi connectivity index (χ3v) is 5.10. The standard InChI is InChI=1S/C21H33ClN4O5/c1-12(2)7-8-26(11-18(27)25-30)20(28)19(13(3)4)24-21(29)23-16-9-14(5)15(22)10-17(16)31-6/h9-10,12-13,19,30H,7-8,11H2,1-6H3,(H,25,27)(H2,23,24,29). The van der Waals surface area contributed by atoms with Crippen LogP contribution in [-0.2, 0) is 9.59 Å². The van der Waals surface area contributed by atoms with Crippen molar-refractivity contribution in [3.05, 3.63) is 22.7 Å². The van der Waals surface area contributed by atoms with Crippen molar-refractivity contribution in [3.8, 4) is 5.75 Å². The Labute approximate surface area is 188 Å². The molecule has 0 saturated carbocycles. The van der Waals surface area contributed by atoms with Gasteiger partial charge in [0.1, 0.15) is 18.3 Å². The van der Waals surface area contributed by atoms with Crippen LogP contribution in [-0.4, -0.2) is 54.2 Å². The van der Waals surface area contributed by atoms with Gasteiger partial charge in [-0.05, 0) is 36.8 Å². The van der Waals surface area contributed by atoms with Crippen LogP contribution in [0.5, 0.6) is 5.75 Å². The first-order valence-electron chi connectivity index (χ1n) is 10.1. The Balaban J connectivity index is 3.01. The number of halogens is 1. The Bertz CT molecular complexity index is 785. The molecule has 10 heteroatoms. The summed E-state index contributed by atoms with van der Waals surface area (Å²) < 4.78 is 5.26. The van der Waals surface area contributed by atoms with Crippen molar-refractivity contribution >= 4 is 35.1 Å². The van der Waals surface area contributed by atoms with Gasteiger partial charge in [0.15, 0.2) is 0 Å². The van der Waals surface area contributed by atoms with Crippen molar-refractivity contribution in [2.75, 3.05) is 25.5 Å². The lowest BCUT2D eigenvalue weighted by molar-refractivity contribution is -0.141. The van der Waals surface area contributed by atoms with Crippen molar-refractivity contribution in [1.82, 2.24) is 15.7 Å². The Morgan fingerprint density at radius 1 is 1.19 bits per heavy atom. The summed E-state index contributed by atoms with van der Waals surface area (Å²) >= 11 is 6.10. The highest BCUT2D eigenvalue weighted by molar-refractivity contribution is 6.31. The lowest BCUT2D eigenvalue weighted by atomic mass is 10.0. The smallest absolute Gasteiger partial charge is 0.320 e. The molecule has 0 aliphatic rings. The molecule has 0 fully saturated rings. The average Bonchev–Trinajstić information content (AvgIpc) is 2.70. The molecular weight excluding hydrogens is 424 g/mol. The fourth-order valence-electron chi connectivity index (χ4n) is 2.83. The molecule has 31 heavy (non-hydrogen) atoms. The van der Waals surface area contributed by atoms with E-state index in [1.165, 1.54) is 12.0 Å². The van der Waals surface area contributed by atoms with Gasteiger partial charge in [-0.25, -0.2) is 10.3 Å². The van der Waals surface area contributed by atoms with Crippen molar-refractivity contribution < 1.29 is 24.3 Å². The van der Waals surface area contributed by atoms with Gasteiger partial charge in [0.25, 0.3) is 5.91 Å². The van der Waals surface area contributed by atoms with Gasteiger partial charge in [-0.1, -0.05) is 39.3 Å². The summed E-state index contributed by atoms with van der Waals surface area (Å²) in [6, 6.07) is 1.80. The number of hydrogen-bond acceptors (Lipinski definition) is 5. The second-order valence-corrected chi connectivity index (χ2v) is 8.51. The van der Waals surface area contributed by atoms with Crippen molar-refractivity contribution in [2.24, 2.45) is 11.8 Å². The summed E-state index contributed by atoms with van der Waals surface area (Å²) in [5, 5.41) is 14.7. The van der Waals surface area contributed by atoms with E-state index >= 15 is 0 Å². The van der Waals surface area contributed by atoms with E-state index in [-0.39, 0.29) is 12.5 Å². The number of urea groups is 1. The normalized spacial score (nSPS) is 11.8. The van der Waals surface area contributed by atoms with Gasteiger partial charge in [-0.2, -0.15) is 0 Å². The zero-order valence-electron chi connectivity index (χ0n) is 18.9. The molecule has 1 atom stereocenters. The van der Waals surface area contributed by atoms with E-state index in [4.69, 9.17) is 21.5 Å². The van der Waals surface area contributed by atoms with Crippen molar-refractivity contribution in [1.29, 1.82) is 0 Å². The number of benzene rings is 1. The number of nitrogens with zero attached hydrogens (tertiary/aromatic N) is 1. The van der Waals surface area contributed by atoms with Crippen LogP contribution >= 0.6 is 11.6 Å². The maximum Gasteiger partial charge on any atom is 0.320 e. The molecule has 9 nitrogen and oxygen atoms in total. The Kier molecular flexibility index (Phi) is 10.6. The second-order valence-electron chi connectivity index (χ2n) is 8.10. The minimum atomic E-state index is -0.877. The SMILES string of the molecule is COc1cc(Cl)c(C)cc1NC(=O)NC(C(=O)N(CCC(C)C)CC(=O)NO)C(C)C. The van der Waals surface area contributed by atoms with E-state index < -0.39 is 23.9 Å². The average molecular weight is 457 g/mol. The molecule has 0 radical (unpaired) electrons. The number of methoxy groups -OCH3 is 1. The summed E-state index contributed by atoms with van der Waals surface area (Å²) in [5.41, 5.74) is 2.71. The van der Waals surface area contributed by atoms with E-state index in [2.05, 4.69) is 10.6 Å². The fourth-order valence-corrected chi connectivity index (χ4v) is 2.98. The van der Waals surface area contributed by atoms with E-state index in [0.29, 0.717) is 35.3 Å². The van der Waals surface area contributed by atoms with Gasteiger partial charge >= 0.3 is 6.03 Å². The predicted octanol–water partition coefficient (Wildman–Crippen LogP) is 3.18. The predicted molar refractivity (Wildman–Crippen MR) is 119 cm³/mol. The van der Waals surface area contributed by atoms with Gasteiger partial charge in [0, 0.05) is 17.6 Å². The van der Waals surface area contributed by atoms with Gasteiger partial charge < -0.3 is 20.3 Å². The number of ether oxygens (including phenoxy) is 1. The lowest BCUT2D eigenvalue weighted by Crippen LogP contribution is -2.54. The molecular formula is C21H33ClN4O5. The third kappa shape index (κ3) is 8.26. The van der Waals surface area contributed by atoms with Crippen LogP contribution in [0.2, 0.25) is 5.02 Å². The van der Waals surface area contributed by atoms with Crippen LogP contribution in [0.15, 0.2) is 12.1 Å². The topological polar surface area (TPSA) is 120 Å².